The third-order valence-corrected chi connectivity index (χ3v) is 5.35. The SMILES string of the molecule is CCN(CC)CCOc1cc(NC(=O)COc2ccc3c(c2)CCC(=O)N3)ccc1OC. The lowest BCUT2D eigenvalue weighted by molar-refractivity contribution is -0.118. The molecule has 8 heteroatoms. The Labute approximate surface area is 188 Å². The maximum atomic E-state index is 12.4. The van der Waals surface area contributed by atoms with Crippen molar-refractivity contribution in [3.63, 3.8) is 0 Å². The van der Waals surface area contributed by atoms with Gasteiger partial charge in [-0.05, 0) is 55.4 Å². The molecule has 0 spiro atoms. The van der Waals surface area contributed by atoms with Gasteiger partial charge in [0.2, 0.25) is 5.91 Å². The van der Waals surface area contributed by atoms with Crippen LogP contribution in [0.25, 0.3) is 0 Å². The summed E-state index contributed by atoms with van der Waals surface area (Å²) in [6, 6.07) is 10.7. The molecule has 2 amide bonds. The number of hydrogen-bond acceptors (Lipinski definition) is 6. The Morgan fingerprint density at radius 1 is 1.06 bits per heavy atom. The van der Waals surface area contributed by atoms with E-state index in [0.717, 1.165) is 30.9 Å². The number of anilines is 2. The molecular formula is C24H31N3O5. The average Bonchev–Trinajstić information content (AvgIpc) is 2.80. The van der Waals surface area contributed by atoms with Crippen molar-refractivity contribution in [3.05, 3.63) is 42.0 Å². The highest BCUT2D eigenvalue weighted by atomic mass is 16.5. The standard InChI is InChI=1S/C24H31N3O5/c1-4-27(5-2)12-13-31-22-15-18(7-10-21(22)30-3)25-24(29)16-32-19-8-9-20-17(14-19)6-11-23(28)26-20/h7-10,14-15H,4-6,11-13,16H2,1-3H3,(H,25,29)(H,26,28). The second-order valence-electron chi connectivity index (χ2n) is 7.44. The van der Waals surface area contributed by atoms with E-state index in [1.165, 1.54) is 0 Å². The predicted octanol–water partition coefficient (Wildman–Crippen LogP) is 3.32. The molecule has 1 heterocycles. The molecule has 2 aromatic rings. The van der Waals surface area contributed by atoms with E-state index < -0.39 is 0 Å². The molecule has 0 aliphatic carbocycles. The van der Waals surface area contributed by atoms with Crippen LogP contribution in [0.2, 0.25) is 0 Å². The molecule has 1 aliphatic rings. The Kier molecular flexibility index (Phi) is 8.33. The molecule has 0 bridgehead atoms. The first-order valence-electron chi connectivity index (χ1n) is 10.9. The Morgan fingerprint density at radius 2 is 1.88 bits per heavy atom. The normalized spacial score (nSPS) is 12.7. The monoisotopic (exact) mass is 441 g/mol. The van der Waals surface area contributed by atoms with Crippen LogP contribution >= 0.6 is 0 Å². The second-order valence-corrected chi connectivity index (χ2v) is 7.44. The third-order valence-electron chi connectivity index (χ3n) is 5.35. The zero-order valence-corrected chi connectivity index (χ0v) is 18.9. The lowest BCUT2D eigenvalue weighted by Gasteiger charge is -2.19. The van der Waals surface area contributed by atoms with E-state index in [9.17, 15) is 9.59 Å². The summed E-state index contributed by atoms with van der Waals surface area (Å²) in [7, 11) is 1.59. The fourth-order valence-corrected chi connectivity index (χ4v) is 3.49. The number of hydrogen-bond donors (Lipinski definition) is 2. The molecule has 2 N–H and O–H groups in total. The molecule has 0 fully saturated rings. The van der Waals surface area contributed by atoms with Gasteiger partial charge in [0.15, 0.2) is 18.1 Å². The first-order chi connectivity index (χ1) is 15.5. The fourth-order valence-electron chi connectivity index (χ4n) is 3.49. The van der Waals surface area contributed by atoms with Gasteiger partial charge in [0.25, 0.3) is 5.91 Å². The molecule has 8 nitrogen and oxygen atoms in total. The average molecular weight is 442 g/mol. The van der Waals surface area contributed by atoms with Gasteiger partial charge in [-0.1, -0.05) is 13.8 Å². The van der Waals surface area contributed by atoms with Crippen molar-refractivity contribution in [2.75, 3.05) is 50.6 Å². The maximum Gasteiger partial charge on any atom is 0.262 e. The molecule has 0 saturated carbocycles. The maximum absolute atomic E-state index is 12.4. The van der Waals surface area contributed by atoms with Crippen LogP contribution in [-0.4, -0.2) is 56.7 Å². The Morgan fingerprint density at radius 3 is 2.62 bits per heavy atom. The van der Waals surface area contributed by atoms with Gasteiger partial charge < -0.3 is 29.7 Å². The number of nitrogens with one attached hydrogen (secondary N) is 2. The lowest BCUT2D eigenvalue weighted by atomic mass is 10.0. The number of nitrogens with zero attached hydrogens (tertiary/aromatic N) is 1. The van der Waals surface area contributed by atoms with Crippen LogP contribution in [0, 0.1) is 0 Å². The molecule has 0 saturated heterocycles. The highest BCUT2D eigenvalue weighted by molar-refractivity contribution is 5.94. The molecule has 172 valence electrons. The fraction of sp³-hybridized carbons (Fsp3) is 0.417. The zero-order chi connectivity index (χ0) is 22.9. The van der Waals surface area contributed by atoms with E-state index in [-0.39, 0.29) is 18.4 Å². The molecule has 0 radical (unpaired) electrons. The summed E-state index contributed by atoms with van der Waals surface area (Å²) in [5, 5.41) is 5.65. The van der Waals surface area contributed by atoms with Crippen LogP contribution in [0.4, 0.5) is 11.4 Å². The van der Waals surface area contributed by atoms with Gasteiger partial charge in [-0.2, -0.15) is 0 Å². The first-order valence-corrected chi connectivity index (χ1v) is 10.9. The Balaban J connectivity index is 1.54. The van der Waals surface area contributed by atoms with Crippen molar-refractivity contribution in [3.8, 4) is 17.2 Å². The summed E-state index contributed by atoms with van der Waals surface area (Å²) in [5.74, 6) is 1.51. The number of carbonyl (C=O) groups is 2. The number of likely N-dealkylation sites (N-methyl/N-ethyl adjacent to an activating group) is 1. The summed E-state index contributed by atoms with van der Waals surface area (Å²) in [4.78, 5) is 26.1. The molecule has 0 aromatic heterocycles. The van der Waals surface area contributed by atoms with Crippen molar-refractivity contribution in [1.29, 1.82) is 0 Å². The molecule has 1 aliphatic heterocycles. The largest absolute Gasteiger partial charge is 0.493 e. The first kappa shape index (κ1) is 23.4. The summed E-state index contributed by atoms with van der Waals surface area (Å²) in [6.07, 6.45) is 1.11. The number of fused-ring (bicyclic) bond motifs is 1. The van der Waals surface area contributed by atoms with E-state index in [1.54, 1.807) is 37.4 Å². The quantitative estimate of drug-likeness (QED) is 0.556. The number of rotatable bonds is 11. The van der Waals surface area contributed by atoms with E-state index in [0.29, 0.717) is 42.4 Å². The number of amides is 2. The van der Waals surface area contributed by atoms with Crippen molar-refractivity contribution < 1.29 is 23.8 Å². The van der Waals surface area contributed by atoms with E-state index >= 15 is 0 Å². The number of methoxy groups -OCH3 is 1. The number of aryl methyl sites for hydroxylation is 1. The van der Waals surface area contributed by atoms with Gasteiger partial charge in [-0.25, -0.2) is 0 Å². The van der Waals surface area contributed by atoms with Crippen molar-refractivity contribution in [1.82, 2.24) is 4.90 Å². The Hall–Kier alpha value is -3.26. The lowest BCUT2D eigenvalue weighted by Crippen LogP contribution is -2.28. The van der Waals surface area contributed by atoms with Crippen molar-refractivity contribution >= 4 is 23.2 Å². The van der Waals surface area contributed by atoms with Gasteiger partial charge in [0, 0.05) is 30.4 Å². The summed E-state index contributed by atoms with van der Waals surface area (Å²) in [6.45, 7) is 7.37. The van der Waals surface area contributed by atoms with E-state index in [1.807, 2.05) is 6.07 Å². The topological polar surface area (TPSA) is 89.1 Å². The van der Waals surface area contributed by atoms with Crippen LogP contribution in [-0.2, 0) is 16.0 Å². The number of benzene rings is 2. The Bertz CT molecular complexity index is 943. The van der Waals surface area contributed by atoms with Crippen LogP contribution in [0.1, 0.15) is 25.8 Å². The highest BCUT2D eigenvalue weighted by Gasteiger charge is 2.15. The molecule has 0 unspecified atom stereocenters. The number of carbonyl (C=O) groups excluding carboxylic acids is 2. The summed E-state index contributed by atoms with van der Waals surface area (Å²) >= 11 is 0. The minimum atomic E-state index is -0.282. The second kappa shape index (κ2) is 11.4. The molecule has 32 heavy (non-hydrogen) atoms. The molecular weight excluding hydrogens is 410 g/mol. The molecule has 3 rings (SSSR count). The molecule has 2 aromatic carbocycles. The van der Waals surface area contributed by atoms with E-state index in [2.05, 4.69) is 29.4 Å². The van der Waals surface area contributed by atoms with Gasteiger partial charge in [0.1, 0.15) is 12.4 Å². The zero-order valence-electron chi connectivity index (χ0n) is 18.9. The van der Waals surface area contributed by atoms with Crippen LogP contribution in [0.3, 0.4) is 0 Å². The van der Waals surface area contributed by atoms with Gasteiger partial charge in [-0.3, -0.25) is 9.59 Å². The number of ether oxygens (including phenoxy) is 3. The smallest absolute Gasteiger partial charge is 0.262 e. The van der Waals surface area contributed by atoms with Gasteiger partial charge in [-0.15, -0.1) is 0 Å². The highest BCUT2D eigenvalue weighted by Crippen LogP contribution is 2.30. The predicted molar refractivity (Wildman–Crippen MR) is 124 cm³/mol. The summed E-state index contributed by atoms with van der Waals surface area (Å²) < 4.78 is 16.9. The van der Waals surface area contributed by atoms with Crippen molar-refractivity contribution in [2.45, 2.75) is 26.7 Å². The van der Waals surface area contributed by atoms with Crippen LogP contribution in [0.5, 0.6) is 17.2 Å². The van der Waals surface area contributed by atoms with Gasteiger partial charge in [0.05, 0.1) is 7.11 Å². The molecule has 0 atom stereocenters. The summed E-state index contributed by atoms with van der Waals surface area (Å²) in [5.41, 5.74) is 2.40. The van der Waals surface area contributed by atoms with Gasteiger partial charge >= 0.3 is 0 Å². The van der Waals surface area contributed by atoms with Crippen LogP contribution < -0.4 is 24.8 Å². The minimum absolute atomic E-state index is 0.0152. The van der Waals surface area contributed by atoms with Crippen LogP contribution in [0.15, 0.2) is 36.4 Å². The minimum Gasteiger partial charge on any atom is -0.493 e. The third kappa shape index (κ3) is 6.37. The van der Waals surface area contributed by atoms with E-state index in [4.69, 9.17) is 14.2 Å². The van der Waals surface area contributed by atoms with Crippen molar-refractivity contribution in [2.24, 2.45) is 0 Å².